The fraction of sp³-hybridized carbons (Fsp3) is 0.0714. The molecule has 0 spiro atoms. The van der Waals surface area contributed by atoms with Gasteiger partial charge in [-0.2, -0.15) is 15.4 Å². The number of fused-ring (bicyclic) bond motifs is 1. The first-order valence-corrected chi connectivity index (χ1v) is 6.70. The lowest BCUT2D eigenvalue weighted by Gasteiger charge is -2.01. The minimum absolute atomic E-state index is 0.425. The molecule has 8 nitrogen and oxygen atoms in total. The highest BCUT2D eigenvalue weighted by Gasteiger charge is 2.10. The summed E-state index contributed by atoms with van der Waals surface area (Å²) in [5.41, 5.74) is 9.04. The highest BCUT2D eigenvalue weighted by Crippen LogP contribution is 2.19. The summed E-state index contributed by atoms with van der Waals surface area (Å²) in [7, 11) is 0. The summed E-state index contributed by atoms with van der Waals surface area (Å²) in [5.74, 6) is 1.20. The lowest BCUT2D eigenvalue weighted by molar-refractivity contribution is 0.846. The Balaban J connectivity index is 1.69. The molecule has 0 aliphatic heterocycles. The Kier molecular flexibility index (Phi) is 2.78. The highest BCUT2D eigenvalue weighted by molar-refractivity contribution is 5.76. The maximum Gasteiger partial charge on any atom is 0.203 e. The monoisotopic (exact) mass is 292 g/mol. The summed E-state index contributed by atoms with van der Waals surface area (Å²) in [5, 5.41) is 15.0. The van der Waals surface area contributed by atoms with Gasteiger partial charge in [-0.1, -0.05) is 6.07 Å². The van der Waals surface area contributed by atoms with Crippen molar-refractivity contribution >= 4 is 17.0 Å². The first-order valence-electron chi connectivity index (χ1n) is 6.70. The second kappa shape index (κ2) is 4.92. The lowest BCUT2D eigenvalue weighted by atomic mass is 10.1. The molecule has 0 atom stereocenters. The molecule has 108 valence electrons. The molecule has 0 aliphatic carbocycles. The minimum Gasteiger partial charge on any atom is -0.384 e. The predicted octanol–water partition coefficient (Wildman–Crippen LogP) is 1.11. The Morgan fingerprint density at radius 3 is 3.05 bits per heavy atom. The molecule has 22 heavy (non-hydrogen) atoms. The molecule has 0 fully saturated rings. The number of hydrogen-bond donors (Lipinski definition) is 2. The minimum atomic E-state index is 0.425. The van der Waals surface area contributed by atoms with Crippen LogP contribution in [-0.2, 0) is 6.42 Å². The molecule has 0 radical (unpaired) electrons. The van der Waals surface area contributed by atoms with Crippen LogP contribution in [0.4, 0.5) is 5.82 Å². The molecule has 4 rings (SSSR count). The largest absolute Gasteiger partial charge is 0.384 e. The van der Waals surface area contributed by atoms with E-state index in [9.17, 15) is 0 Å². The smallest absolute Gasteiger partial charge is 0.203 e. The third-order valence-corrected chi connectivity index (χ3v) is 3.31. The fourth-order valence-electron chi connectivity index (χ4n) is 2.34. The van der Waals surface area contributed by atoms with Crippen LogP contribution in [0.1, 0.15) is 11.1 Å². The molecular weight excluding hydrogens is 280 g/mol. The molecule has 3 N–H and O–H groups in total. The Labute approximate surface area is 125 Å². The first kappa shape index (κ1) is 12.5. The number of nitrogens with zero attached hydrogens (tertiary/aromatic N) is 6. The van der Waals surface area contributed by atoms with E-state index < -0.39 is 0 Å². The molecule has 0 unspecified atom stereocenters. The van der Waals surface area contributed by atoms with Crippen LogP contribution < -0.4 is 5.73 Å². The average molecular weight is 292 g/mol. The predicted molar refractivity (Wildman–Crippen MR) is 80.3 cm³/mol. The van der Waals surface area contributed by atoms with Gasteiger partial charge in [-0.15, -0.1) is 5.10 Å². The molecule has 4 aromatic heterocycles. The van der Waals surface area contributed by atoms with Crippen molar-refractivity contribution in [2.45, 2.75) is 6.42 Å². The summed E-state index contributed by atoms with van der Waals surface area (Å²) < 4.78 is 1.74. The van der Waals surface area contributed by atoms with E-state index in [0.717, 1.165) is 22.5 Å². The number of pyridine rings is 2. The number of nitrogens with one attached hydrogen (secondary N) is 1. The summed E-state index contributed by atoms with van der Waals surface area (Å²) >= 11 is 0. The van der Waals surface area contributed by atoms with Crippen LogP contribution >= 0.6 is 0 Å². The van der Waals surface area contributed by atoms with Crippen LogP contribution in [0.5, 0.6) is 0 Å². The molecule has 0 aliphatic rings. The van der Waals surface area contributed by atoms with Crippen molar-refractivity contribution in [3.63, 3.8) is 0 Å². The maximum atomic E-state index is 5.81. The average Bonchev–Trinajstić information content (AvgIpc) is 3.17. The number of H-pyrrole nitrogens is 1. The molecule has 4 heterocycles. The van der Waals surface area contributed by atoms with Crippen LogP contribution in [0.25, 0.3) is 17.0 Å². The van der Waals surface area contributed by atoms with E-state index in [0.29, 0.717) is 17.9 Å². The number of rotatable bonds is 3. The second-order valence-corrected chi connectivity index (χ2v) is 4.86. The van der Waals surface area contributed by atoms with Gasteiger partial charge < -0.3 is 5.73 Å². The number of aromatic nitrogens is 7. The number of anilines is 1. The summed E-state index contributed by atoms with van der Waals surface area (Å²) in [6.45, 7) is 0. The standard InChI is InChI=1S/C14H12N8/c15-11-6-10(13-14(18-11)20-21-19-13)5-9-7-17-22(8-9)12-3-1-2-4-16-12/h1-4,6-8H,5H2,(H3,15,18,19,20,21). The van der Waals surface area contributed by atoms with Gasteiger partial charge in [0.25, 0.3) is 0 Å². The number of aromatic amines is 1. The number of hydrogen-bond acceptors (Lipinski definition) is 6. The van der Waals surface area contributed by atoms with Gasteiger partial charge in [0, 0.05) is 18.8 Å². The summed E-state index contributed by atoms with van der Waals surface area (Å²) in [6, 6.07) is 7.50. The van der Waals surface area contributed by atoms with Crippen LogP contribution in [0.3, 0.4) is 0 Å². The van der Waals surface area contributed by atoms with Gasteiger partial charge in [-0.25, -0.2) is 14.6 Å². The van der Waals surface area contributed by atoms with Crippen molar-refractivity contribution in [3.05, 3.63) is 54.0 Å². The van der Waals surface area contributed by atoms with Crippen molar-refractivity contribution in [2.75, 3.05) is 5.73 Å². The molecule has 0 saturated heterocycles. The second-order valence-electron chi connectivity index (χ2n) is 4.86. The van der Waals surface area contributed by atoms with Crippen LogP contribution in [0, 0.1) is 0 Å². The Hall–Kier alpha value is -3.29. The van der Waals surface area contributed by atoms with Crippen molar-refractivity contribution in [1.82, 2.24) is 35.2 Å². The van der Waals surface area contributed by atoms with Gasteiger partial charge in [0.2, 0.25) is 5.65 Å². The summed E-state index contributed by atoms with van der Waals surface area (Å²) in [6.07, 6.45) is 6.11. The van der Waals surface area contributed by atoms with Gasteiger partial charge in [0.15, 0.2) is 5.82 Å². The van der Waals surface area contributed by atoms with Crippen LogP contribution in [0.15, 0.2) is 42.9 Å². The van der Waals surface area contributed by atoms with E-state index in [1.807, 2.05) is 30.5 Å². The van der Waals surface area contributed by atoms with Gasteiger partial charge in [0.05, 0.1) is 6.20 Å². The van der Waals surface area contributed by atoms with Gasteiger partial charge in [0.1, 0.15) is 11.3 Å². The normalized spacial score (nSPS) is 11.1. The zero-order valence-electron chi connectivity index (χ0n) is 11.5. The molecule has 0 bridgehead atoms. The topological polar surface area (TPSA) is 111 Å². The molecule has 0 aromatic carbocycles. The first-order chi connectivity index (χ1) is 10.8. The quantitative estimate of drug-likeness (QED) is 0.585. The van der Waals surface area contributed by atoms with Crippen LogP contribution in [0.2, 0.25) is 0 Å². The van der Waals surface area contributed by atoms with Crippen molar-refractivity contribution in [2.24, 2.45) is 0 Å². The van der Waals surface area contributed by atoms with E-state index in [1.165, 1.54) is 0 Å². The van der Waals surface area contributed by atoms with Gasteiger partial charge in [-0.3, -0.25) is 0 Å². The van der Waals surface area contributed by atoms with Gasteiger partial charge in [-0.05, 0) is 29.3 Å². The number of nitrogens with two attached hydrogens (primary N) is 1. The van der Waals surface area contributed by atoms with E-state index >= 15 is 0 Å². The van der Waals surface area contributed by atoms with Gasteiger partial charge >= 0.3 is 0 Å². The maximum absolute atomic E-state index is 5.81. The molecular formula is C14H12N8. The van der Waals surface area contributed by atoms with Crippen molar-refractivity contribution in [1.29, 1.82) is 0 Å². The molecule has 8 heteroatoms. The SMILES string of the molecule is Nc1cc(Cc2cnn(-c3ccccn3)c2)c2n[nH]nc2n1. The Morgan fingerprint density at radius 1 is 1.23 bits per heavy atom. The third-order valence-electron chi connectivity index (χ3n) is 3.31. The molecule has 0 saturated carbocycles. The van der Waals surface area contributed by atoms with Crippen molar-refractivity contribution in [3.8, 4) is 5.82 Å². The van der Waals surface area contributed by atoms with Crippen LogP contribution in [-0.4, -0.2) is 35.2 Å². The zero-order valence-corrected chi connectivity index (χ0v) is 11.5. The lowest BCUT2D eigenvalue weighted by Crippen LogP contribution is -1.97. The Bertz CT molecular complexity index is 924. The summed E-state index contributed by atoms with van der Waals surface area (Å²) in [4.78, 5) is 8.40. The van der Waals surface area contributed by atoms with E-state index in [-0.39, 0.29) is 0 Å². The van der Waals surface area contributed by atoms with E-state index in [4.69, 9.17) is 5.73 Å². The third kappa shape index (κ3) is 2.16. The zero-order chi connectivity index (χ0) is 14.9. The molecule has 4 aromatic rings. The highest BCUT2D eigenvalue weighted by atomic mass is 15.3. The number of nitrogen functional groups attached to an aromatic ring is 1. The van der Waals surface area contributed by atoms with Crippen molar-refractivity contribution < 1.29 is 0 Å². The van der Waals surface area contributed by atoms with E-state index in [2.05, 4.69) is 30.5 Å². The fourth-order valence-corrected chi connectivity index (χ4v) is 2.34. The van der Waals surface area contributed by atoms with E-state index in [1.54, 1.807) is 17.1 Å². The molecule has 0 amide bonds. The Morgan fingerprint density at radius 2 is 2.18 bits per heavy atom.